The Labute approximate surface area is 111 Å². The van der Waals surface area contributed by atoms with Gasteiger partial charge in [-0.25, -0.2) is 0 Å². The van der Waals surface area contributed by atoms with Crippen molar-refractivity contribution in [1.29, 1.82) is 0 Å². The third-order valence-corrected chi connectivity index (χ3v) is 3.46. The smallest absolute Gasteiger partial charge is 0.119 e. The molecule has 0 aliphatic heterocycles. The maximum Gasteiger partial charge on any atom is 0.119 e. The van der Waals surface area contributed by atoms with E-state index in [4.69, 9.17) is 4.74 Å². The van der Waals surface area contributed by atoms with Gasteiger partial charge in [0.1, 0.15) is 5.75 Å². The molecule has 1 unspecified atom stereocenters. The molecule has 0 aromatic heterocycles. The number of ether oxygens (including phenoxy) is 1. The van der Waals surface area contributed by atoms with Crippen molar-refractivity contribution >= 4 is 0 Å². The van der Waals surface area contributed by atoms with Crippen LogP contribution in [0.3, 0.4) is 0 Å². The van der Waals surface area contributed by atoms with Crippen molar-refractivity contribution in [3.8, 4) is 5.75 Å². The van der Waals surface area contributed by atoms with Crippen molar-refractivity contribution < 1.29 is 4.74 Å². The van der Waals surface area contributed by atoms with Gasteiger partial charge in [-0.2, -0.15) is 0 Å². The van der Waals surface area contributed by atoms with Crippen LogP contribution in [0.1, 0.15) is 50.8 Å². The van der Waals surface area contributed by atoms with E-state index < -0.39 is 0 Å². The summed E-state index contributed by atoms with van der Waals surface area (Å²) in [4.78, 5) is 0. The Hall–Kier alpha value is -1.02. The van der Waals surface area contributed by atoms with Crippen LogP contribution in [-0.2, 0) is 6.42 Å². The van der Waals surface area contributed by atoms with Crippen molar-refractivity contribution in [3.63, 3.8) is 0 Å². The summed E-state index contributed by atoms with van der Waals surface area (Å²) < 4.78 is 5.81. The van der Waals surface area contributed by atoms with Gasteiger partial charge in [-0.1, -0.05) is 26.8 Å². The lowest BCUT2D eigenvalue weighted by atomic mass is 9.87. The zero-order chi connectivity index (χ0) is 13.0. The summed E-state index contributed by atoms with van der Waals surface area (Å²) in [6, 6.07) is 7.15. The van der Waals surface area contributed by atoms with Crippen LogP contribution in [0.2, 0.25) is 0 Å². The molecule has 1 aromatic carbocycles. The molecule has 2 nitrogen and oxygen atoms in total. The highest BCUT2D eigenvalue weighted by atomic mass is 16.5. The normalized spacial score (nSPS) is 18.8. The summed E-state index contributed by atoms with van der Waals surface area (Å²) in [6.45, 7) is 8.37. The highest BCUT2D eigenvalue weighted by Gasteiger charge is 2.19. The van der Waals surface area contributed by atoms with E-state index in [1.807, 2.05) is 0 Å². The standard InChI is InChI=1S/C16H25NO/c1-4-17-16-7-5-6-13-10-14(8-9-15(13)16)18-11-12(2)3/h8-10,12,16-17H,4-7,11H2,1-3H3. The van der Waals surface area contributed by atoms with Gasteiger partial charge < -0.3 is 10.1 Å². The highest BCUT2D eigenvalue weighted by Crippen LogP contribution is 2.32. The van der Waals surface area contributed by atoms with Gasteiger partial charge in [-0.15, -0.1) is 0 Å². The fourth-order valence-corrected chi connectivity index (χ4v) is 2.60. The van der Waals surface area contributed by atoms with Gasteiger partial charge >= 0.3 is 0 Å². The maximum absolute atomic E-state index is 5.81. The average Bonchev–Trinajstić information content (AvgIpc) is 2.37. The molecule has 2 rings (SSSR count). The highest BCUT2D eigenvalue weighted by molar-refractivity contribution is 5.39. The van der Waals surface area contributed by atoms with E-state index in [1.54, 1.807) is 0 Å². The van der Waals surface area contributed by atoms with Crippen molar-refractivity contribution in [1.82, 2.24) is 5.32 Å². The Bertz CT molecular complexity index is 387. The van der Waals surface area contributed by atoms with Crippen molar-refractivity contribution in [2.45, 2.75) is 46.1 Å². The molecule has 0 fully saturated rings. The fourth-order valence-electron chi connectivity index (χ4n) is 2.60. The van der Waals surface area contributed by atoms with E-state index in [0.717, 1.165) is 18.9 Å². The molecule has 0 amide bonds. The molecule has 1 aliphatic carbocycles. The molecule has 1 N–H and O–H groups in total. The van der Waals surface area contributed by atoms with Gasteiger partial charge in [0.05, 0.1) is 6.61 Å². The van der Waals surface area contributed by atoms with Gasteiger partial charge in [0.25, 0.3) is 0 Å². The molecular weight excluding hydrogens is 222 g/mol. The van der Waals surface area contributed by atoms with E-state index in [9.17, 15) is 0 Å². The molecule has 2 heteroatoms. The predicted octanol–water partition coefficient (Wildman–Crippen LogP) is 3.71. The minimum Gasteiger partial charge on any atom is -0.493 e. The maximum atomic E-state index is 5.81. The predicted molar refractivity (Wildman–Crippen MR) is 76.1 cm³/mol. The molecule has 0 radical (unpaired) electrons. The summed E-state index contributed by atoms with van der Waals surface area (Å²) in [5, 5.41) is 3.57. The Morgan fingerprint density at radius 1 is 1.39 bits per heavy atom. The molecule has 0 saturated carbocycles. The van der Waals surface area contributed by atoms with Crippen molar-refractivity contribution in [2.24, 2.45) is 5.92 Å². The van der Waals surface area contributed by atoms with Gasteiger partial charge in [0, 0.05) is 6.04 Å². The average molecular weight is 247 g/mol. The number of fused-ring (bicyclic) bond motifs is 1. The molecule has 0 spiro atoms. The first-order valence-electron chi connectivity index (χ1n) is 7.19. The summed E-state index contributed by atoms with van der Waals surface area (Å²) in [5.74, 6) is 1.61. The first-order valence-corrected chi connectivity index (χ1v) is 7.19. The van der Waals surface area contributed by atoms with Crippen LogP contribution in [-0.4, -0.2) is 13.2 Å². The second-order valence-corrected chi connectivity index (χ2v) is 5.57. The second-order valence-electron chi connectivity index (χ2n) is 5.57. The summed E-state index contributed by atoms with van der Waals surface area (Å²) in [6.07, 6.45) is 3.72. The van der Waals surface area contributed by atoms with Gasteiger partial charge in [-0.3, -0.25) is 0 Å². The summed E-state index contributed by atoms with van der Waals surface area (Å²) in [5.41, 5.74) is 2.94. The third-order valence-electron chi connectivity index (χ3n) is 3.46. The fraction of sp³-hybridized carbons (Fsp3) is 0.625. The Morgan fingerprint density at radius 2 is 2.22 bits per heavy atom. The molecule has 18 heavy (non-hydrogen) atoms. The van der Waals surface area contributed by atoms with Crippen LogP contribution in [0.25, 0.3) is 0 Å². The number of rotatable bonds is 5. The zero-order valence-electron chi connectivity index (χ0n) is 11.8. The molecule has 1 atom stereocenters. The number of aryl methyl sites for hydroxylation is 1. The lowest BCUT2D eigenvalue weighted by molar-refractivity contribution is 0.270. The Kier molecular flexibility index (Phi) is 4.65. The molecular formula is C16H25NO. The number of benzene rings is 1. The minimum atomic E-state index is 0.540. The molecule has 1 aromatic rings. The Balaban J connectivity index is 2.11. The van der Waals surface area contributed by atoms with Crippen LogP contribution in [0.5, 0.6) is 5.75 Å². The van der Waals surface area contributed by atoms with E-state index in [1.165, 1.54) is 30.4 Å². The number of hydrogen-bond acceptors (Lipinski definition) is 2. The van der Waals surface area contributed by atoms with Crippen LogP contribution in [0.4, 0.5) is 0 Å². The monoisotopic (exact) mass is 247 g/mol. The molecule has 1 aliphatic rings. The first-order chi connectivity index (χ1) is 8.70. The van der Waals surface area contributed by atoms with E-state index >= 15 is 0 Å². The van der Waals surface area contributed by atoms with Crippen molar-refractivity contribution in [3.05, 3.63) is 29.3 Å². The Morgan fingerprint density at radius 3 is 2.94 bits per heavy atom. The van der Waals surface area contributed by atoms with Crippen molar-refractivity contribution in [2.75, 3.05) is 13.2 Å². The quantitative estimate of drug-likeness (QED) is 0.856. The molecule has 0 saturated heterocycles. The SMILES string of the molecule is CCNC1CCCc2cc(OCC(C)C)ccc21. The lowest BCUT2D eigenvalue weighted by Crippen LogP contribution is -2.24. The minimum absolute atomic E-state index is 0.540. The van der Waals surface area contributed by atoms with Crippen LogP contribution in [0.15, 0.2) is 18.2 Å². The first kappa shape index (κ1) is 13.4. The van der Waals surface area contributed by atoms with E-state index in [0.29, 0.717) is 12.0 Å². The topological polar surface area (TPSA) is 21.3 Å². The lowest BCUT2D eigenvalue weighted by Gasteiger charge is -2.26. The van der Waals surface area contributed by atoms with Crippen LogP contribution in [0, 0.1) is 5.92 Å². The second kappa shape index (κ2) is 6.24. The van der Waals surface area contributed by atoms with E-state index in [-0.39, 0.29) is 0 Å². The molecule has 0 bridgehead atoms. The summed E-state index contributed by atoms with van der Waals surface area (Å²) in [7, 11) is 0. The van der Waals surface area contributed by atoms with Gasteiger partial charge in [-0.05, 0) is 55.0 Å². The van der Waals surface area contributed by atoms with Crippen LogP contribution < -0.4 is 10.1 Å². The van der Waals surface area contributed by atoms with Crippen LogP contribution >= 0.6 is 0 Å². The number of nitrogens with one attached hydrogen (secondary N) is 1. The molecule has 100 valence electrons. The summed E-state index contributed by atoms with van der Waals surface area (Å²) >= 11 is 0. The largest absolute Gasteiger partial charge is 0.493 e. The molecule has 0 heterocycles. The van der Waals surface area contributed by atoms with Gasteiger partial charge in [0.2, 0.25) is 0 Å². The zero-order valence-corrected chi connectivity index (χ0v) is 11.8. The van der Waals surface area contributed by atoms with Gasteiger partial charge in [0.15, 0.2) is 0 Å². The third kappa shape index (κ3) is 3.26. The number of hydrogen-bond donors (Lipinski definition) is 1. The van der Waals surface area contributed by atoms with E-state index in [2.05, 4.69) is 44.3 Å².